The summed E-state index contributed by atoms with van der Waals surface area (Å²) >= 11 is 12.5. The van der Waals surface area contributed by atoms with Crippen LogP contribution in [-0.4, -0.2) is 36.4 Å². The molecule has 3 heterocycles. The maximum atomic E-state index is 11.4. The topological polar surface area (TPSA) is 175 Å². The minimum absolute atomic E-state index is 0.104. The van der Waals surface area contributed by atoms with E-state index in [1.165, 1.54) is 6.07 Å². The molecule has 6 N–H and O–H groups in total. The van der Waals surface area contributed by atoms with Crippen molar-refractivity contribution in [2.45, 2.75) is 6.42 Å². The van der Waals surface area contributed by atoms with Crippen LogP contribution in [-0.2, 0) is 6.42 Å². The minimum Gasteiger partial charge on any atom is -0.384 e. The number of halogens is 2. The molecular formula is C20H17Cl2N9O2. The van der Waals surface area contributed by atoms with Crippen molar-refractivity contribution in [3.8, 4) is 22.6 Å². The highest BCUT2D eigenvalue weighted by molar-refractivity contribution is 6.36. The van der Waals surface area contributed by atoms with Gasteiger partial charge in [0.1, 0.15) is 11.6 Å². The van der Waals surface area contributed by atoms with E-state index < -0.39 is 4.92 Å². The summed E-state index contributed by atoms with van der Waals surface area (Å²) < 4.78 is 0. The predicted molar refractivity (Wildman–Crippen MR) is 127 cm³/mol. The Hall–Kier alpha value is -3.96. The molecule has 0 spiro atoms. The van der Waals surface area contributed by atoms with Gasteiger partial charge >= 0.3 is 5.69 Å². The van der Waals surface area contributed by atoms with Crippen LogP contribution in [0.5, 0.6) is 0 Å². The van der Waals surface area contributed by atoms with E-state index in [-0.39, 0.29) is 30.3 Å². The van der Waals surface area contributed by atoms with E-state index in [1.807, 2.05) is 0 Å². The third kappa shape index (κ3) is 4.78. The van der Waals surface area contributed by atoms with Crippen LogP contribution >= 0.6 is 23.2 Å². The molecule has 1 aromatic carbocycles. The standard InChI is InChI=1S/C20H17Cl2N9O2/c21-11-1-2-12(14(22)8-11)16-13(19-25-5-6-26-19)9-28-20(30-16)27-4-3-10-7-15(23)29-18(24)17(10)31(32)33/h1-2,5-9H,3-4H2,(H,25,26)(H4,23,24,29)(H,27,28,30). The highest BCUT2D eigenvalue weighted by atomic mass is 35.5. The van der Waals surface area contributed by atoms with E-state index in [0.717, 1.165) is 0 Å². The molecule has 33 heavy (non-hydrogen) atoms. The van der Waals surface area contributed by atoms with E-state index in [4.69, 9.17) is 34.7 Å². The van der Waals surface area contributed by atoms with Gasteiger partial charge in [-0.1, -0.05) is 23.2 Å². The van der Waals surface area contributed by atoms with Gasteiger partial charge in [-0.05, 0) is 30.7 Å². The van der Waals surface area contributed by atoms with Crippen LogP contribution in [0, 0.1) is 10.1 Å². The van der Waals surface area contributed by atoms with Gasteiger partial charge < -0.3 is 21.8 Å². The first-order chi connectivity index (χ1) is 15.8. The second-order valence-corrected chi connectivity index (χ2v) is 7.74. The fourth-order valence-corrected chi connectivity index (χ4v) is 3.78. The van der Waals surface area contributed by atoms with E-state index in [0.29, 0.717) is 44.2 Å². The molecule has 4 aromatic rings. The van der Waals surface area contributed by atoms with Crippen LogP contribution in [0.25, 0.3) is 22.6 Å². The molecule has 0 fully saturated rings. The molecule has 4 rings (SSSR count). The molecule has 0 unspecified atom stereocenters. The molecule has 0 saturated heterocycles. The molecule has 0 aliphatic heterocycles. The van der Waals surface area contributed by atoms with Crippen LogP contribution in [0.3, 0.4) is 0 Å². The number of nitro groups is 1. The van der Waals surface area contributed by atoms with E-state index in [1.54, 1.807) is 36.8 Å². The van der Waals surface area contributed by atoms with Gasteiger partial charge in [0.25, 0.3) is 0 Å². The lowest BCUT2D eigenvalue weighted by atomic mass is 10.1. The lowest BCUT2D eigenvalue weighted by Gasteiger charge is -2.12. The molecule has 11 nitrogen and oxygen atoms in total. The van der Waals surface area contributed by atoms with Crippen molar-refractivity contribution in [1.29, 1.82) is 0 Å². The summed E-state index contributed by atoms with van der Waals surface area (Å²) in [5, 5.41) is 15.3. The molecule has 0 saturated carbocycles. The summed E-state index contributed by atoms with van der Waals surface area (Å²) in [5.41, 5.74) is 13.3. The zero-order valence-electron chi connectivity index (χ0n) is 16.9. The van der Waals surface area contributed by atoms with Gasteiger partial charge in [0.05, 0.1) is 21.2 Å². The number of aromatic amines is 1. The largest absolute Gasteiger partial charge is 0.384 e. The van der Waals surface area contributed by atoms with Crippen LogP contribution in [0.2, 0.25) is 10.0 Å². The van der Waals surface area contributed by atoms with Crippen molar-refractivity contribution >= 4 is 46.5 Å². The molecule has 13 heteroatoms. The number of pyridine rings is 1. The third-order valence-electron chi connectivity index (χ3n) is 4.71. The second-order valence-electron chi connectivity index (χ2n) is 6.89. The van der Waals surface area contributed by atoms with Crippen LogP contribution in [0.4, 0.5) is 23.3 Å². The average Bonchev–Trinajstić information content (AvgIpc) is 3.27. The van der Waals surface area contributed by atoms with Crippen molar-refractivity contribution in [2.75, 3.05) is 23.3 Å². The van der Waals surface area contributed by atoms with Crippen molar-refractivity contribution < 1.29 is 4.92 Å². The van der Waals surface area contributed by atoms with Crippen LogP contribution in [0.1, 0.15) is 5.56 Å². The fourth-order valence-electron chi connectivity index (χ4n) is 3.29. The molecule has 0 aliphatic rings. The number of nitrogens with one attached hydrogen (secondary N) is 2. The predicted octanol–water partition coefficient (Wildman–Crippen LogP) is 3.96. The number of anilines is 3. The zero-order valence-corrected chi connectivity index (χ0v) is 18.4. The van der Waals surface area contributed by atoms with Gasteiger partial charge in [-0.2, -0.15) is 0 Å². The summed E-state index contributed by atoms with van der Waals surface area (Å²) in [6.07, 6.45) is 5.16. The van der Waals surface area contributed by atoms with Gasteiger partial charge in [0, 0.05) is 41.3 Å². The molecule has 168 valence electrons. The number of nitrogen functional groups attached to an aromatic ring is 2. The fraction of sp³-hybridized carbons (Fsp3) is 0.100. The first-order valence-corrected chi connectivity index (χ1v) is 10.3. The normalized spacial score (nSPS) is 10.8. The number of aromatic nitrogens is 5. The average molecular weight is 486 g/mol. The summed E-state index contributed by atoms with van der Waals surface area (Å²) in [7, 11) is 0. The van der Waals surface area contributed by atoms with E-state index in [2.05, 4.69) is 30.2 Å². The smallest absolute Gasteiger partial charge is 0.314 e. The van der Waals surface area contributed by atoms with Crippen molar-refractivity contribution in [3.63, 3.8) is 0 Å². The molecular weight excluding hydrogens is 469 g/mol. The quantitative estimate of drug-likeness (QED) is 0.223. The second kappa shape index (κ2) is 9.27. The van der Waals surface area contributed by atoms with Gasteiger partial charge in [-0.25, -0.2) is 19.9 Å². The van der Waals surface area contributed by atoms with Gasteiger partial charge in [0.2, 0.25) is 11.8 Å². The zero-order chi connectivity index (χ0) is 23.5. The van der Waals surface area contributed by atoms with Crippen molar-refractivity contribution in [3.05, 3.63) is 68.6 Å². The van der Waals surface area contributed by atoms with E-state index >= 15 is 0 Å². The number of hydrogen-bond acceptors (Lipinski definition) is 9. The lowest BCUT2D eigenvalue weighted by molar-refractivity contribution is -0.384. The van der Waals surface area contributed by atoms with Gasteiger partial charge in [-0.3, -0.25) is 10.1 Å². The Morgan fingerprint density at radius 1 is 1.12 bits per heavy atom. The summed E-state index contributed by atoms with van der Waals surface area (Å²) in [5.74, 6) is 0.741. The number of H-pyrrole nitrogens is 1. The SMILES string of the molecule is Nc1cc(CCNc2ncc(-c3ncc[nH]3)c(-c3ccc(Cl)cc3Cl)n2)c([N+](=O)[O-])c(N)n1. The summed E-state index contributed by atoms with van der Waals surface area (Å²) in [4.78, 5) is 30.8. The number of rotatable bonds is 7. The van der Waals surface area contributed by atoms with Crippen molar-refractivity contribution in [2.24, 2.45) is 0 Å². The Morgan fingerprint density at radius 2 is 1.94 bits per heavy atom. The first-order valence-electron chi connectivity index (χ1n) is 9.59. The molecule has 0 radical (unpaired) electrons. The van der Waals surface area contributed by atoms with Crippen LogP contribution in [0.15, 0.2) is 42.9 Å². The van der Waals surface area contributed by atoms with E-state index in [9.17, 15) is 10.1 Å². The maximum Gasteiger partial charge on any atom is 0.314 e. The monoisotopic (exact) mass is 485 g/mol. The number of benzene rings is 1. The maximum absolute atomic E-state index is 11.4. The summed E-state index contributed by atoms with van der Waals surface area (Å²) in [6.45, 7) is 0.275. The Labute approximate surface area is 197 Å². The van der Waals surface area contributed by atoms with Gasteiger partial charge in [-0.15, -0.1) is 0 Å². The third-order valence-corrected chi connectivity index (χ3v) is 5.25. The Kier molecular flexibility index (Phi) is 6.24. The number of nitrogens with two attached hydrogens (primary N) is 2. The lowest BCUT2D eigenvalue weighted by Crippen LogP contribution is -2.12. The molecule has 0 amide bonds. The van der Waals surface area contributed by atoms with Crippen molar-refractivity contribution in [1.82, 2.24) is 24.9 Å². The Bertz CT molecular complexity index is 1330. The number of imidazole rings is 1. The Balaban J connectivity index is 1.63. The Morgan fingerprint density at radius 3 is 2.64 bits per heavy atom. The highest BCUT2D eigenvalue weighted by Crippen LogP contribution is 2.35. The summed E-state index contributed by atoms with van der Waals surface area (Å²) in [6, 6.07) is 6.52. The first kappa shape index (κ1) is 22.2. The minimum atomic E-state index is -0.577. The van der Waals surface area contributed by atoms with Gasteiger partial charge in [0.15, 0.2) is 0 Å². The molecule has 3 aromatic heterocycles. The number of hydrogen-bond donors (Lipinski definition) is 4. The van der Waals surface area contributed by atoms with Crippen LogP contribution < -0.4 is 16.8 Å². The highest BCUT2D eigenvalue weighted by Gasteiger charge is 2.21. The number of nitrogens with zero attached hydrogens (tertiary/aromatic N) is 5. The molecule has 0 bridgehead atoms. The molecule has 0 aliphatic carbocycles. The molecule has 0 atom stereocenters.